The highest BCUT2D eigenvalue weighted by Gasteiger charge is 2.32. The van der Waals surface area contributed by atoms with Gasteiger partial charge < -0.3 is 15.0 Å². The zero-order valence-corrected chi connectivity index (χ0v) is 13.2. The first-order chi connectivity index (χ1) is 10.3. The SMILES string of the molecule is COCCc1nsc(N2CCC(NC(=O)C3CC3)CC2)n1. The van der Waals surface area contributed by atoms with E-state index >= 15 is 0 Å². The van der Waals surface area contributed by atoms with Crippen LogP contribution in [-0.4, -0.2) is 48.1 Å². The molecular weight excluding hydrogens is 288 g/mol. The lowest BCUT2D eigenvalue weighted by Gasteiger charge is -2.31. The maximum absolute atomic E-state index is 11.8. The third-order valence-electron chi connectivity index (χ3n) is 4.05. The molecule has 1 amide bonds. The number of aromatic nitrogens is 2. The van der Waals surface area contributed by atoms with Crippen LogP contribution in [0.25, 0.3) is 0 Å². The first-order valence-corrected chi connectivity index (χ1v) is 8.40. The molecule has 0 radical (unpaired) electrons. The molecule has 1 aliphatic carbocycles. The van der Waals surface area contributed by atoms with Gasteiger partial charge in [0.25, 0.3) is 0 Å². The van der Waals surface area contributed by atoms with Gasteiger partial charge in [-0.15, -0.1) is 0 Å². The summed E-state index contributed by atoms with van der Waals surface area (Å²) in [7, 11) is 1.69. The smallest absolute Gasteiger partial charge is 0.223 e. The Labute approximate surface area is 129 Å². The molecule has 3 rings (SSSR count). The lowest BCUT2D eigenvalue weighted by atomic mass is 10.1. The monoisotopic (exact) mass is 310 g/mol. The first-order valence-electron chi connectivity index (χ1n) is 7.63. The van der Waals surface area contributed by atoms with E-state index in [2.05, 4.69) is 19.6 Å². The van der Waals surface area contributed by atoms with Crippen molar-refractivity contribution in [2.24, 2.45) is 5.92 Å². The van der Waals surface area contributed by atoms with Gasteiger partial charge in [-0.3, -0.25) is 4.79 Å². The second-order valence-electron chi connectivity index (χ2n) is 5.78. The van der Waals surface area contributed by atoms with Crippen LogP contribution in [0.15, 0.2) is 0 Å². The molecule has 0 aromatic carbocycles. The molecule has 2 heterocycles. The lowest BCUT2D eigenvalue weighted by molar-refractivity contribution is -0.123. The molecule has 0 bridgehead atoms. The van der Waals surface area contributed by atoms with Crippen LogP contribution in [0.4, 0.5) is 5.13 Å². The van der Waals surface area contributed by atoms with E-state index < -0.39 is 0 Å². The number of hydrogen-bond acceptors (Lipinski definition) is 6. The predicted molar refractivity (Wildman–Crippen MR) is 81.6 cm³/mol. The summed E-state index contributed by atoms with van der Waals surface area (Å²) < 4.78 is 9.41. The van der Waals surface area contributed by atoms with E-state index in [1.807, 2.05) is 0 Å². The Morgan fingerprint density at radius 1 is 1.38 bits per heavy atom. The second-order valence-corrected chi connectivity index (χ2v) is 6.51. The third kappa shape index (κ3) is 3.91. The number of piperidine rings is 1. The van der Waals surface area contributed by atoms with Crippen molar-refractivity contribution in [3.05, 3.63) is 5.82 Å². The number of nitrogens with zero attached hydrogens (tertiary/aromatic N) is 3. The van der Waals surface area contributed by atoms with Gasteiger partial charge in [0, 0.05) is 50.1 Å². The summed E-state index contributed by atoms with van der Waals surface area (Å²) in [6.07, 6.45) is 4.89. The van der Waals surface area contributed by atoms with Gasteiger partial charge >= 0.3 is 0 Å². The summed E-state index contributed by atoms with van der Waals surface area (Å²) in [5.41, 5.74) is 0. The van der Waals surface area contributed by atoms with Crippen LogP contribution in [0.2, 0.25) is 0 Å². The van der Waals surface area contributed by atoms with Crippen LogP contribution in [-0.2, 0) is 16.0 Å². The summed E-state index contributed by atoms with van der Waals surface area (Å²) in [6, 6.07) is 0.329. The highest BCUT2D eigenvalue weighted by atomic mass is 32.1. The first kappa shape index (κ1) is 14.7. The van der Waals surface area contributed by atoms with E-state index in [0.717, 1.165) is 56.1 Å². The standard InChI is InChI=1S/C14H22N4O2S/c1-20-9-6-12-16-14(21-17-12)18-7-4-11(5-8-18)15-13(19)10-2-3-10/h10-11H,2-9H2,1H3,(H,15,19). The summed E-state index contributed by atoms with van der Waals surface area (Å²) in [4.78, 5) is 18.6. The van der Waals surface area contributed by atoms with Crippen molar-refractivity contribution in [3.8, 4) is 0 Å². The highest BCUT2D eigenvalue weighted by Crippen LogP contribution is 2.29. The van der Waals surface area contributed by atoms with Crippen molar-refractivity contribution in [2.75, 3.05) is 31.7 Å². The maximum Gasteiger partial charge on any atom is 0.223 e. The number of rotatable bonds is 6. The summed E-state index contributed by atoms with van der Waals surface area (Å²) in [6.45, 7) is 2.54. The van der Waals surface area contributed by atoms with E-state index in [0.29, 0.717) is 18.6 Å². The quantitative estimate of drug-likeness (QED) is 0.856. The second kappa shape index (κ2) is 6.70. The van der Waals surface area contributed by atoms with Crippen molar-refractivity contribution < 1.29 is 9.53 Å². The molecule has 2 aliphatic rings. The molecule has 21 heavy (non-hydrogen) atoms. The van der Waals surface area contributed by atoms with Gasteiger partial charge in [0.15, 0.2) is 0 Å². The van der Waals surface area contributed by atoms with Crippen molar-refractivity contribution >= 4 is 22.6 Å². The largest absolute Gasteiger partial charge is 0.384 e. The van der Waals surface area contributed by atoms with Gasteiger partial charge in [-0.1, -0.05) is 0 Å². The minimum atomic E-state index is 0.256. The maximum atomic E-state index is 11.8. The van der Waals surface area contributed by atoms with Crippen LogP contribution in [0.5, 0.6) is 0 Å². The normalized spacial score (nSPS) is 19.8. The molecule has 6 nitrogen and oxygen atoms in total. The summed E-state index contributed by atoms with van der Waals surface area (Å²) in [5.74, 6) is 1.42. The van der Waals surface area contributed by atoms with E-state index in [-0.39, 0.29) is 5.91 Å². The van der Waals surface area contributed by atoms with Crippen molar-refractivity contribution in [1.82, 2.24) is 14.7 Å². The van der Waals surface area contributed by atoms with Gasteiger partial charge in [-0.05, 0) is 25.7 Å². The highest BCUT2D eigenvalue weighted by molar-refractivity contribution is 7.09. The Bertz CT molecular complexity index is 481. The zero-order valence-electron chi connectivity index (χ0n) is 12.4. The molecule has 7 heteroatoms. The zero-order chi connectivity index (χ0) is 14.7. The van der Waals surface area contributed by atoms with E-state index in [9.17, 15) is 4.79 Å². The van der Waals surface area contributed by atoms with Gasteiger partial charge in [-0.2, -0.15) is 4.37 Å². The Morgan fingerprint density at radius 3 is 2.81 bits per heavy atom. The molecule has 1 saturated carbocycles. The van der Waals surface area contributed by atoms with Crippen molar-refractivity contribution in [3.63, 3.8) is 0 Å². The Balaban J connectivity index is 1.46. The van der Waals surface area contributed by atoms with Crippen LogP contribution in [0, 0.1) is 5.92 Å². The lowest BCUT2D eigenvalue weighted by Crippen LogP contribution is -2.45. The topological polar surface area (TPSA) is 67.3 Å². The molecule has 0 unspecified atom stereocenters. The molecule has 0 atom stereocenters. The summed E-state index contributed by atoms with van der Waals surface area (Å²) in [5, 5.41) is 4.16. The fourth-order valence-corrected chi connectivity index (χ4v) is 3.31. The minimum absolute atomic E-state index is 0.256. The molecule has 1 saturated heterocycles. The predicted octanol–water partition coefficient (Wildman–Crippen LogP) is 1.22. The average molecular weight is 310 g/mol. The number of carbonyl (C=O) groups is 1. The molecule has 1 aliphatic heterocycles. The average Bonchev–Trinajstić information content (AvgIpc) is 3.25. The van der Waals surface area contributed by atoms with E-state index in [4.69, 9.17) is 4.74 Å². The Hall–Kier alpha value is -1.21. The number of nitrogens with one attached hydrogen (secondary N) is 1. The van der Waals surface area contributed by atoms with Gasteiger partial charge in [0.1, 0.15) is 5.82 Å². The van der Waals surface area contributed by atoms with Crippen LogP contribution >= 0.6 is 11.5 Å². The number of ether oxygens (including phenoxy) is 1. The van der Waals surface area contributed by atoms with E-state index in [1.165, 1.54) is 11.5 Å². The summed E-state index contributed by atoms with van der Waals surface area (Å²) >= 11 is 1.46. The number of anilines is 1. The van der Waals surface area contributed by atoms with Crippen LogP contribution in [0.1, 0.15) is 31.5 Å². The van der Waals surface area contributed by atoms with Crippen molar-refractivity contribution in [2.45, 2.75) is 38.1 Å². The third-order valence-corrected chi connectivity index (χ3v) is 4.86. The van der Waals surface area contributed by atoms with Crippen molar-refractivity contribution in [1.29, 1.82) is 0 Å². The molecule has 1 N–H and O–H groups in total. The number of methoxy groups -OCH3 is 1. The molecule has 1 aromatic heterocycles. The fraction of sp³-hybridized carbons (Fsp3) is 0.786. The Morgan fingerprint density at radius 2 is 2.14 bits per heavy atom. The van der Waals surface area contributed by atoms with E-state index in [1.54, 1.807) is 7.11 Å². The number of amides is 1. The fourth-order valence-electron chi connectivity index (χ4n) is 2.55. The van der Waals surface area contributed by atoms with Gasteiger partial charge in [0.2, 0.25) is 11.0 Å². The number of carbonyl (C=O) groups excluding carboxylic acids is 1. The van der Waals surface area contributed by atoms with Crippen LogP contribution in [0.3, 0.4) is 0 Å². The molecule has 0 spiro atoms. The molecule has 1 aromatic rings. The van der Waals surface area contributed by atoms with Gasteiger partial charge in [-0.25, -0.2) is 4.98 Å². The number of hydrogen-bond donors (Lipinski definition) is 1. The minimum Gasteiger partial charge on any atom is -0.384 e. The Kier molecular flexibility index (Phi) is 4.70. The van der Waals surface area contributed by atoms with Gasteiger partial charge in [0.05, 0.1) is 6.61 Å². The molecule has 116 valence electrons. The molecular formula is C14H22N4O2S. The molecule has 2 fully saturated rings. The van der Waals surface area contributed by atoms with Crippen LogP contribution < -0.4 is 10.2 Å².